The van der Waals surface area contributed by atoms with Crippen molar-refractivity contribution >= 4 is 10.0 Å². The predicted molar refractivity (Wildman–Crippen MR) is 79.2 cm³/mol. The van der Waals surface area contributed by atoms with Gasteiger partial charge in [0.2, 0.25) is 10.0 Å². The molecule has 0 radical (unpaired) electrons. The summed E-state index contributed by atoms with van der Waals surface area (Å²) in [7, 11) is -2.07. The Morgan fingerprint density at radius 3 is 2.86 bits per heavy atom. The Bertz CT molecular complexity index is 639. The van der Waals surface area contributed by atoms with Gasteiger partial charge >= 0.3 is 0 Å². The monoisotopic (exact) mass is 309 g/mol. The SMILES string of the molecule is CN(CC1CCCO1)S(=O)(=O)c1ccccc1C#CCO. The van der Waals surface area contributed by atoms with Crippen LogP contribution in [0, 0.1) is 11.8 Å². The molecule has 1 aromatic carbocycles. The molecule has 0 aliphatic carbocycles. The number of sulfonamides is 1. The normalized spacial score (nSPS) is 18.5. The summed E-state index contributed by atoms with van der Waals surface area (Å²) in [5.74, 6) is 5.17. The van der Waals surface area contributed by atoms with E-state index in [9.17, 15) is 8.42 Å². The Kier molecular flexibility index (Phi) is 5.37. The van der Waals surface area contributed by atoms with E-state index >= 15 is 0 Å². The fourth-order valence-corrected chi connectivity index (χ4v) is 3.62. The number of benzene rings is 1. The number of hydrogen-bond acceptors (Lipinski definition) is 4. The molecule has 0 spiro atoms. The number of aliphatic hydroxyl groups is 1. The highest BCUT2D eigenvalue weighted by molar-refractivity contribution is 7.89. The second-order valence-electron chi connectivity index (χ2n) is 4.88. The van der Waals surface area contributed by atoms with Crippen LogP contribution in [0.2, 0.25) is 0 Å². The zero-order chi connectivity index (χ0) is 15.3. The zero-order valence-corrected chi connectivity index (χ0v) is 12.8. The molecule has 6 heteroatoms. The van der Waals surface area contributed by atoms with Gasteiger partial charge in [0, 0.05) is 25.8 Å². The van der Waals surface area contributed by atoms with Crippen LogP contribution >= 0.6 is 0 Å². The first-order valence-electron chi connectivity index (χ1n) is 6.82. The van der Waals surface area contributed by atoms with Crippen molar-refractivity contribution in [3.63, 3.8) is 0 Å². The van der Waals surface area contributed by atoms with Gasteiger partial charge < -0.3 is 9.84 Å². The summed E-state index contributed by atoms with van der Waals surface area (Å²) in [6.07, 6.45) is 1.81. The molecule has 1 N–H and O–H groups in total. The number of rotatable bonds is 4. The van der Waals surface area contributed by atoms with E-state index in [2.05, 4.69) is 11.8 Å². The average Bonchev–Trinajstić information content (AvgIpc) is 2.98. The van der Waals surface area contributed by atoms with Crippen LogP contribution in [0.5, 0.6) is 0 Å². The Balaban J connectivity index is 2.26. The number of nitrogens with zero attached hydrogens (tertiary/aromatic N) is 1. The fraction of sp³-hybridized carbons (Fsp3) is 0.467. The Labute approximate surface area is 125 Å². The maximum atomic E-state index is 12.6. The summed E-state index contributed by atoms with van der Waals surface area (Å²) in [5, 5.41) is 8.77. The van der Waals surface area contributed by atoms with Crippen LogP contribution in [0.15, 0.2) is 29.2 Å². The van der Waals surface area contributed by atoms with Gasteiger partial charge in [-0.2, -0.15) is 4.31 Å². The third kappa shape index (κ3) is 3.83. The molecule has 1 saturated heterocycles. The van der Waals surface area contributed by atoms with E-state index in [1.54, 1.807) is 25.2 Å². The highest BCUT2D eigenvalue weighted by Crippen LogP contribution is 2.21. The van der Waals surface area contributed by atoms with E-state index in [0.717, 1.165) is 12.8 Å². The van der Waals surface area contributed by atoms with Gasteiger partial charge in [0.1, 0.15) is 6.61 Å². The summed E-state index contributed by atoms with van der Waals surface area (Å²) in [6, 6.07) is 6.55. The van der Waals surface area contributed by atoms with Crippen LogP contribution in [0.1, 0.15) is 18.4 Å². The average molecular weight is 309 g/mol. The van der Waals surface area contributed by atoms with Crippen molar-refractivity contribution in [3.8, 4) is 11.8 Å². The molecular formula is C15H19NO4S. The molecule has 1 atom stereocenters. The minimum absolute atomic E-state index is 0.0412. The molecule has 0 amide bonds. The van der Waals surface area contributed by atoms with E-state index in [1.165, 1.54) is 10.4 Å². The van der Waals surface area contributed by atoms with Crippen molar-refractivity contribution < 1.29 is 18.3 Å². The standard InChI is InChI=1S/C15H19NO4S/c1-16(12-14-8-5-11-20-14)21(18,19)15-9-3-2-6-13(15)7-4-10-17/h2-3,6,9,14,17H,5,8,10-12H2,1H3. The van der Waals surface area contributed by atoms with Gasteiger partial charge in [-0.05, 0) is 25.0 Å². The lowest BCUT2D eigenvalue weighted by atomic mass is 10.2. The topological polar surface area (TPSA) is 66.8 Å². The highest BCUT2D eigenvalue weighted by atomic mass is 32.2. The van der Waals surface area contributed by atoms with E-state index in [1.807, 2.05) is 0 Å². The second kappa shape index (κ2) is 7.05. The van der Waals surface area contributed by atoms with Crippen LogP contribution < -0.4 is 0 Å². The second-order valence-corrected chi connectivity index (χ2v) is 6.89. The van der Waals surface area contributed by atoms with Gasteiger partial charge in [-0.3, -0.25) is 0 Å². The maximum absolute atomic E-state index is 12.6. The zero-order valence-electron chi connectivity index (χ0n) is 11.9. The van der Waals surface area contributed by atoms with Crippen LogP contribution in [-0.2, 0) is 14.8 Å². The molecule has 1 unspecified atom stereocenters. The van der Waals surface area contributed by atoms with E-state index in [-0.39, 0.29) is 17.6 Å². The summed E-state index contributed by atoms with van der Waals surface area (Å²) in [6.45, 7) is 0.724. The lowest BCUT2D eigenvalue weighted by Gasteiger charge is -2.21. The first-order valence-corrected chi connectivity index (χ1v) is 8.26. The largest absolute Gasteiger partial charge is 0.384 e. The molecule has 1 aliphatic heterocycles. The van der Waals surface area contributed by atoms with Crippen LogP contribution in [0.4, 0.5) is 0 Å². The third-order valence-corrected chi connectivity index (χ3v) is 5.24. The van der Waals surface area contributed by atoms with Gasteiger partial charge in [0.25, 0.3) is 0 Å². The van der Waals surface area contributed by atoms with Crippen molar-refractivity contribution in [2.45, 2.75) is 23.8 Å². The summed E-state index contributed by atoms with van der Waals surface area (Å²) < 4.78 is 32.1. The van der Waals surface area contributed by atoms with Crippen molar-refractivity contribution in [1.29, 1.82) is 0 Å². The molecule has 2 rings (SSSR count). The Morgan fingerprint density at radius 2 is 2.19 bits per heavy atom. The van der Waals surface area contributed by atoms with Crippen molar-refractivity contribution in [3.05, 3.63) is 29.8 Å². The smallest absolute Gasteiger partial charge is 0.244 e. The van der Waals surface area contributed by atoms with Crippen LogP contribution in [0.3, 0.4) is 0 Å². The highest BCUT2D eigenvalue weighted by Gasteiger charge is 2.27. The van der Waals surface area contributed by atoms with Gasteiger partial charge in [-0.1, -0.05) is 24.0 Å². The molecule has 1 aliphatic rings. The molecular weight excluding hydrogens is 290 g/mol. The minimum atomic E-state index is -3.62. The van der Waals surface area contributed by atoms with E-state index in [4.69, 9.17) is 9.84 Å². The van der Waals surface area contributed by atoms with Crippen LogP contribution in [0.25, 0.3) is 0 Å². The van der Waals surface area contributed by atoms with Gasteiger partial charge in [-0.15, -0.1) is 0 Å². The predicted octanol–water partition coefficient (Wildman–Crippen LogP) is 0.830. The molecule has 1 aromatic rings. The van der Waals surface area contributed by atoms with Gasteiger partial charge in [0.05, 0.1) is 11.0 Å². The molecule has 5 nitrogen and oxygen atoms in total. The molecule has 0 aromatic heterocycles. The first kappa shape index (κ1) is 16.0. The van der Waals surface area contributed by atoms with Gasteiger partial charge in [0.15, 0.2) is 0 Å². The Morgan fingerprint density at radius 1 is 1.43 bits per heavy atom. The third-order valence-electron chi connectivity index (χ3n) is 3.36. The molecule has 1 heterocycles. The summed E-state index contributed by atoms with van der Waals surface area (Å²) in [4.78, 5) is 0.159. The first-order chi connectivity index (χ1) is 10.1. The van der Waals surface area contributed by atoms with E-state index in [0.29, 0.717) is 18.7 Å². The Hall–Kier alpha value is -1.39. The van der Waals surface area contributed by atoms with Gasteiger partial charge in [-0.25, -0.2) is 8.42 Å². The molecule has 114 valence electrons. The molecule has 0 saturated carbocycles. The summed E-state index contributed by atoms with van der Waals surface area (Å²) >= 11 is 0. The number of ether oxygens (including phenoxy) is 1. The lowest BCUT2D eigenvalue weighted by Crippen LogP contribution is -2.34. The quantitative estimate of drug-likeness (QED) is 0.837. The minimum Gasteiger partial charge on any atom is -0.384 e. The maximum Gasteiger partial charge on any atom is 0.244 e. The van der Waals surface area contributed by atoms with E-state index < -0.39 is 10.0 Å². The van der Waals surface area contributed by atoms with Crippen molar-refractivity contribution in [2.75, 3.05) is 26.8 Å². The fourth-order valence-electron chi connectivity index (χ4n) is 2.27. The lowest BCUT2D eigenvalue weighted by molar-refractivity contribution is 0.0979. The van der Waals surface area contributed by atoms with Crippen molar-refractivity contribution in [1.82, 2.24) is 4.31 Å². The van der Waals surface area contributed by atoms with Crippen molar-refractivity contribution in [2.24, 2.45) is 0 Å². The van der Waals surface area contributed by atoms with Crippen LogP contribution in [-0.4, -0.2) is 50.7 Å². The summed E-state index contributed by atoms with van der Waals surface area (Å²) in [5.41, 5.74) is 0.394. The number of aliphatic hydroxyl groups excluding tert-OH is 1. The number of hydrogen-bond donors (Lipinski definition) is 1. The molecule has 0 bridgehead atoms. The number of likely N-dealkylation sites (N-methyl/N-ethyl adjacent to an activating group) is 1. The molecule has 1 fully saturated rings. The molecule has 21 heavy (non-hydrogen) atoms.